The first kappa shape index (κ1) is 14.4. The first-order valence-electron chi connectivity index (χ1n) is 5.14. The normalized spacial score (nSPS) is 9.41. The van der Waals surface area contributed by atoms with E-state index in [9.17, 15) is 4.79 Å². The number of methoxy groups -OCH3 is 1. The van der Waals surface area contributed by atoms with Gasteiger partial charge in [-0.05, 0) is 45.2 Å². The van der Waals surface area contributed by atoms with Crippen LogP contribution < -0.4 is 4.74 Å². The Morgan fingerprint density at radius 1 is 1.53 bits per heavy atom. The van der Waals surface area contributed by atoms with Gasteiger partial charge in [-0.25, -0.2) is 0 Å². The number of ketones is 1. The van der Waals surface area contributed by atoms with E-state index in [1.165, 1.54) is 8.93 Å². The van der Waals surface area contributed by atoms with E-state index in [1.807, 2.05) is 13.0 Å². The van der Waals surface area contributed by atoms with E-state index < -0.39 is 0 Å². The van der Waals surface area contributed by atoms with Gasteiger partial charge in [0.05, 0.1) is 12.7 Å². The number of carbonyl (C=O) groups excluding carboxylic acids is 1. The molecule has 1 aromatic rings. The summed E-state index contributed by atoms with van der Waals surface area (Å²) < 4.78 is 5.27. The van der Waals surface area contributed by atoms with Crippen LogP contribution in [0.15, 0.2) is 12.1 Å². The second kappa shape index (κ2) is 6.92. The van der Waals surface area contributed by atoms with Crippen molar-refractivity contribution in [2.75, 3.05) is 7.11 Å². The number of aryl methyl sites for hydroxylation is 1. The van der Waals surface area contributed by atoms with Crippen molar-refractivity contribution >= 4 is 35.9 Å². The van der Waals surface area contributed by atoms with Crippen LogP contribution in [0.2, 0.25) is 0 Å². The van der Waals surface area contributed by atoms with Crippen molar-refractivity contribution in [3.8, 4) is 16.9 Å². The number of hydrogen-bond donors (Lipinski definition) is 0. The van der Waals surface area contributed by atoms with Gasteiger partial charge in [0.25, 0.3) is 0 Å². The van der Waals surface area contributed by atoms with E-state index in [1.54, 1.807) is 20.1 Å². The predicted octanol–water partition coefficient (Wildman–Crippen LogP) is 3.85. The molecule has 0 saturated heterocycles. The Balaban J connectivity index is 3.37. The van der Waals surface area contributed by atoms with Crippen molar-refractivity contribution in [3.05, 3.63) is 28.8 Å². The number of Topliss-reactive ketones (excluding diaryl/α,β-unsaturated/α-hetero) is 1. The Morgan fingerprint density at radius 3 is 2.71 bits per heavy atom. The zero-order chi connectivity index (χ0) is 12.8. The average Bonchev–Trinajstić information content (AvgIpc) is 2.34. The van der Waals surface area contributed by atoms with Gasteiger partial charge in [0.1, 0.15) is 5.75 Å². The largest absolute Gasteiger partial charge is 0.495 e. The molecule has 17 heavy (non-hydrogen) atoms. The van der Waals surface area contributed by atoms with E-state index in [0.29, 0.717) is 5.75 Å². The topological polar surface area (TPSA) is 26.3 Å². The third kappa shape index (κ3) is 3.65. The predicted molar refractivity (Wildman–Crippen MR) is 80.9 cm³/mol. The Bertz CT molecular complexity index is 486. The summed E-state index contributed by atoms with van der Waals surface area (Å²) in [5.41, 5.74) is 2.57. The van der Waals surface area contributed by atoms with Crippen molar-refractivity contribution in [1.29, 1.82) is 0 Å². The smallest absolute Gasteiger partial charge is 0.160 e. The molecule has 0 radical (unpaired) electrons. The highest BCUT2D eigenvalue weighted by Crippen LogP contribution is 2.24. The van der Waals surface area contributed by atoms with Crippen LogP contribution >= 0.6 is 30.1 Å². The summed E-state index contributed by atoms with van der Waals surface area (Å²) in [7, 11) is 3.02. The van der Waals surface area contributed by atoms with E-state index >= 15 is 0 Å². The lowest BCUT2D eigenvalue weighted by atomic mass is 9.98. The number of halogens is 1. The second-order valence-electron chi connectivity index (χ2n) is 3.42. The van der Waals surface area contributed by atoms with Gasteiger partial charge in [0.15, 0.2) is 5.78 Å². The quantitative estimate of drug-likeness (QED) is 0.465. The fourth-order valence-corrected chi connectivity index (χ4v) is 2.06. The molecule has 0 spiro atoms. The van der Waals surface area contributed by atoms with Gasteiger partial charge < -0.3 is 4.74 Å². The molecule has 2 nitrogen and oxygen atoms in total. The minimum absolute atomic E-state index is 0.0583. The lowest BCUT2D eigenvalue weighted by Gasteiger charge is -2.10. The molecule has 0 aliphatic rings. The Labute approximate surface area is 118 Å². The summed E-state index contributed by atoms with van der Waals surface area (Å²) in [4.78, 5) is 11.5. The van der Waals surface area contributed by atoms with Gasteiger partial charge in [-0.15, -0.1) is 0 Å². The number of carbonyl (C=O) groups is 1. The molecular weight excluding hydrogens is 347 g/mol. The van der Waals surface area contributed by atoms with Crippen molar-refractivity contribution in [1.82, 2.24) is 0 Å². The lowest BCUT2D eigenvalue weighted by Crippen LogP contribution is -2.01. The third-order valence-electron chi connectivity index (χ3n) is 2.41. The number of rotatable bonds is 3. The molecule has 0 saturated carbocycles. The maximum absolute atomic E-state index is 11.5. The lowest BCUT2D eigenvalue weighted by molar-refractivity contribution is 0.101. The van der Waals surface area contributed by atoms with E-state index in [2.05, 4.69) is 32.4 Å². The first-order valence-corrected chi connectivity index (χ1v) is 8.50. The maximum Gasteiger partial charge on any atom is 0.160 e. The summed E-state index contributed by atoms with van der Waals surface area (Å²) in [5, 5.41) is 2.93. The molecule has 1 aromatic carbocycles. The van der Waals surface area contributed by atoms with Crippen molar-refractivity contribution in [2.45, 2.75) is 20.3 Å². The highest BCUT2D eigenvalue weighted by atomic mass is 127. The number of ether oxygens (including phenoxy) is 1. The van der Waals surface area contributed by atoms with Crippen LogP contribution in [0.4, 0.5) is 0 Å². The minimum atomic E-state index is 0.0583. The third-order valence-corrected chi connectivity index (χ3v) is 3.25. The van der Waals surface area contributed by atoms with Crippen LogP contribution in [0.5, 0.6) is 5.75 Å². The molecule has 4 heteroatoms. The summed E-state index contributed by atoms with van der Waals surface area (Å²) in [6, 6.07) is 3.72. The highest BCUT2D eigenvalue weighted by Gasteiger charge is 2.11. The molecule has 1 rings (SSSR count). The van der Waals surface area contributed by atoms with Crippen LogP contribution in [-0.2, 0) is 6.42 Å². The van der Waals surface area contributed by atoms with Gasteiger partial charge in [0.2, 0.25) is 0 Å². The fraction of sp³-hybridized carbons (Fsp3) is 0.308. The molecule has 90 valence electrons. The molecule has 0 heterocycles. The van der Waals surface area contributed by atoms with E-state index in [4.69, 9.17) is 4.74 Å². The van der Waals surface area contributed by atoms with Crippen LogP contribution in [0.1, 0.15) is 35.3 Å². The zero-order valence-corrected chi connectivity index (χ0v) is 12.9. The van der Waals surface area contributed by atoms with Gasteiger partial charge in [0, 0.05) is 26.8 Å². The van der Waals surface area contributed by atoms with Crippen molar-refractivity contribution in [2.24, 2.45) is 0 Å². The fourth-order valence-electron chi connectivity index (χ4n) is 1.59. The monoisotopic (exact) mass is 360 g/mol. The summed E-state index contributed by atoms with van der Waals surface area (Å²) in [6.07, 6.45) is 0.810. The number of hydrogen-bond acceptors (Lipinski definition) is 3. The zero-order valence-electron chi connectivity index (χ0n) is 9.96. The van der Waals surface area contributed by atoms with Crippen molar-refractivity contribution < 1.29 is 9.53 Å². The standard InChI is InChI=1S/C13H13IO2S/c1-4-10-7-11(5-6-17-14)13(16-3)8-12(10)9(2)15/h7-8H,4H2,1-3H3. The molecule has 0 bridgehead atoms. The molecule has 0 fully saturated rings. The average molecular weight is 360 g/mol. The molecule has 0 atom stereocenters. The van der Waals surface area contributed by atoms with Gasteiger partial charge in [-0.1, -0.05) is 12.8 Å². The van der Waals surface area contributed by atoms with E-state index in [-0.39, 0.29) is 5.78 Å². The maximum atomic E-state index is 11.5. The van der Waals surface area contributed by atoms with E-state index in [0.717, 1.165) is 23.1 Å². The Hall–Kier alpha value is -0.670. The van der Waals surface area contributed by atoms with Crippen LogP contribution in [0.3, 0.4) is 0 Å². The highest BCUT2D eigenvalue weighted by molar-refractivity contribution is 14.2. The Kier molecular flexibility index (Phi) is 5.86. The van der Waals surface area contributed by atoms with Crippen LogP contribution in [0.25, 0.3) is 0 Å². The molecular formula is C13H13IO2S. The number of benzene rings is 1. The molecule has 0 aliphatic carbocycles. The molecule has 0 amide bonds. The van der Waals surface area contributed by atoms with Crippen LogP contribution in [0, 0.1) is 11.2 Å². The molecule has 0 N–H and O–H groups in total. The minimum Gasteiger partial charge on any atom is -0.495 e. The first-order chi connectivity index (χ1) is 8.13. The Morgan fingerprint density at radius 2 is 2.24 bits per heavy atom. The summed E-state index contributed by atoms with van der Waals surface area (Å²) in [6.45, 7) is 3.60. The van der Waals surface area contributed by atoms with Gasteiger partial charge >= 0.3 is 0 Å². The van der Waals surface area contributed by atoms with Gasteiger partial charge in [-0.3, -0.25) is 4.79 Å². The summed E-state index contributed by atoms with van der Waals surface area (Å²) in [5.74, 6) is 3.74. The molecule has 0 unspecified atom stereocenters. The van der Waals surface area contributed by atoms with Crippen LogP contribution in [-0.4, -0.2) is 12.9 Å². The molecule has 0 aromatic heterocycles. The summed E-state index contributed by atoms with van der Waals surface area (Å²) >= 11 is 2.12. The molecule has 0 aliphatic heterocycles. The second-order valence-corrected chi connectivity index (χ2v) is 5.10. The van der Waals surface area contributed by atoms with Gasteiger partial charge in [-0.2, -0.15) is 0 Å². The van der Waals surface area contributed by atoms with Crippen molar-refractivity contribution in [3.63, 3.8) is 0 Å². The SMILES string of the molecule is CCc1cc(C#CSI)c(OC)cc1C(C)=O.